The molecular formula is C14H17BrClN3O. The SMILES string of the molecule is CC(C)NCCCc1nnc(-c2cc(Cl)cc(Br)c2)o1. The zero-order valence-corrected chi connectivity index (χ0v) is 13.8. The number of benzene rings is 1. The zero-order chi connectivity index (χ0) is 14.5. The van der Waals surface area contributed by atoms with Crippen LogP contribution in [0.4, 0.5) is 0 Å². The van der Waals surface area contributed by atoms with E-state index in [0.717, 1.165) is 29.4 Å². The molecule has 0 saturated heterocycles. The maximum Gasteiger partial charge on any atom is 0.247 e. The standard InChI is InChI=1S/C14H17BrClN3O/c1-9(2)17-5-3-4-13-18-19-14(20-13)10-6-11(15)8-12(16)7-10/h6-9,17H,3-5H2,1-2H3. The third-order valence-corrected chi connectivity index (χ3v) is 3.37. The number of hydrogen-bond donors (Lipinski definition) is 1. The molecule has 0 aliphatic carbocycles. The Balaban J connectivity index is 1.98. The number of nitrogens with one attached hydrogen (secondary N) is 1. The second-order valence-corrected chi connectivity index (χ2v) is 6.22. The highest BCUT2D eigenvalue weighted by Gasteiger charge is 2.10. The van der Waals surface area contributed by atoms with Gasteiger partial charge in [-0.2, -0.15) is 0 Å². The van der Waals surface area contributed by atoms with Crippen molar-refractivity contribution >= 4 is 27.5 Å². The van der Waals surface area contributed by atoms with E-state index in [1.54, 1.807) is 0 Å². The molecule has 0 aliphatic rings. The molecule has 0 saturated carbocycles. The zero-order valence-electron chi connectivity index (χ0n) is 11.5. The van der Waals surface area contributed by atoms with Crippen molar-refractivity contribution in [3.05, 3.63) is 33.6 Å². The van der Waals surface area contributed by atoms with Crippen molar-refractivity contribution in [2.45, 2.75) is 32.7 Å². The quantitative estimate of drug-likeness (QED) is 0.790. The molecule has 0 fully saturated rings. The topological polar surface area (TPSA) is 51.0 Å². The molecule has 1 aromatic heterocycles. The molecule has 4 nitrogen and oxygen atoms in total. The van der Waals surface area contributed by atoms with Gasteiger partial charge in [-0.25, -0.2) is 0 Å². The summed E-state index contributed by atoms with van der Waals surface area (Å²) in [5.74, 6) is 1.15. The Morgan fingerprint density at radius 2 is 2.10 bits per heavy atom. The van der Waals surface area contributed by atoms with Crippen LogP contribution in [0.15, 0.2) is 27.1 Å². The van der Waals surface area contributed by atoms with Gasteiger partial charge in [0.1, 0.15) is 0 Å². The fourth-order valence-electron chi connectivity index (χ4n) is 1.78. The van der Waals surface area contributed by atoms with E-state index in [4.69, 9.17) is 16.0 Å². The Bertz CT molecular complexity index is 551. The molecule has 2 rings (SSSR count). The summed E-state index contributed by atoms with van der Waals surface area (Å²) in [6.07, 6.45) is 1.74. The van der Waals surface area contributed by atoms with Crippen molar-refractivity contribution in [2.24, 2.45) is 0 Å². The first-order valence-corrected chi connectivity index (χ1v) is 7.74. The lowest BCUT2D eigenvalue weighted by atomic mass is 10.2. The summed E-state index contributed by atoms with van der Waals surface area (Å²) < 4.78 is 6.55. The number of nitrogens with zero attached hydrogens (tertiary/aromatic N) is 2. The lowest BCUT2D eigenvalue weighted by Crippen LogP contribution is -2.23. The third-order valence-electron chi connectivity index (χ3n) is 2.70. The number of halogens is 2. The molecule has 2 aromatic rings. The molecule has 0 amide bonds. The Kier molecular flexibility index (Phi) is 5.57. The van der Waals surface area contributed by atoms with Crippen LogP contribution in [0.5, 0.6) is 0 Å². The van der Waals surface area contributed by atoms with Crippen LogP contribution in [-0.4, -0.2) is 22.8 Å². The lowest BCUT2D eigenvalue weighted by Gasteiger charge is -2.05. The molecule has 20 heavy (non-hydrogen) atoms. The van der Waals surface area contributed by atoms with E-state index in [-0.39, 0.29) is 0 Å². The first-order chi connectivity index (χ1) is 9.54. The molecule has 0 aliphatic heterocycles. The number of aryl methyl sites for hydroxylation is 1. The van der Waals surface area contributed by atoms with Crippen LogP contribution in [0.25, 0.3) is 11.5 Å². The predicted molar refractivity (Wildman–Crippen MR) is 83.9 cm³/mol. The molecule has 1 aromatic carbocycles. The Morgan fingerprint density at radius 3 is 2.80 bits per heavy atom. The number of rotatable bonds is 6. The first kappa shape index (κ1) is 15.5. The first-order valence-electron chi connectivity index (χ1n) is 6.57. The van der Waals surface area contributed by atoms with Crippen molar-refractivity contribution in [3.8, 4) is 11.5 Å². The molecule has 0 atom stereocenters. The summed E-state index contributed by atoms with van der Waals surface area (Å²) in [5, 5.41) is 12.1. The van der Waals surface area contributed by atoms with E-state index < -0.39 is 0 Å². The average Bonchev–Trinajstić information content (AvgIpc) is 2.82. The summed E-state index contributed by atoms with van der Waals surface area (Å²) in [6.45, 7) is 5.20. The summed E-state index contributed by atoms with van der Waals surface area (Å²) in [7, 11) is 0. The minimum absolute atomic E-state index is 0.497. The molecule has 0 radical (unpaired) electrons. The summed E-state index contributed by atoms with van der Waals surface area (Å²) >= 11 is 9.41. The van der Waals surface area contributed by atoms with Gasteiger partial charge < -0.3 is 9.73 Å². The molecule has 1 N–H and O–H groups in total. The van der Waals surface area contributed by atoms with Crippen LogP contribution in [0, 0.1) is 0 Å². The maximum absolute atomic E-state index is 6.01. The second-order valence-electron chi connectivity index (χ2n) is 4.87. The summed E-state index contributed by atoms with van der Waals surface area (Å²) in [4.78, 5) is 0. The van der Waals surface area contributed by atoms with Crippen LogP contribution in [-0.2, 0) is 6.42 Å². The fourth-order valence-corrected chi connectivity index (χ4v) is 2.64. The lowest BCUT2D eigenvalue weighted by molar-refractivity contribution is 0.484. The van der Waals surface area contributed by atoms with Crippen molar-refractivity contribution < 1.29 is 4.42 Å². The highest BCUT2D eigenvalue weighted by atomic mass is 79.9. The highest BCUT2D eigenvalue weighted by molar-refractivity contribution is 9.10. The molecular weight excluding hydrogens is 342 g/mol. The van der Waals surface area contributed by atoms with Gasteiger partial charge in [-0.15, -0.1) is 10.2 Å². The van der Waals surface area contributed by atoms with E-state index in [0.29, 0.717) is 22.8 Å². The second kappa shape index (κ2) is 7.20. The van der Waals surface area contributed by atoms with Gasteiger partial charge in [0.15, 0.2) is 0 Å². The predicted octanol–water partition coefficient (Wildman–Crippen LogP) is 4.08. The van der Waals surface area contributed by atoms with Gasteiger partial charge in [0.25, 0.3) is 0 Å². The summed E-state index contributed by atoms with van der Waals surface area (Å²) in [6, 6.07) is 6.03. The molecule has 108 valence electrons. The van der Waals surface area contributed by atoms with Gasteiger partial charge >= 0.3 is 0 Å². The van der Waals surface area contributed by atoms with Gasteiger partial charge in [-0.3, -0.25) is 0 Å². The maximum atomic E-state index is 6.01. The van der Waals surface area contributed by atoms with Crippen LogP contribution in [0.1, 0.15) is 26.2 Å². The van der Waals surface area contributed by atoms with E-state index in [1.165, 1.54) is 0 Å². The molecule has 0 unspecified atom stereocenters. The smallest absolute Gasteiger partial charge is 0.247 e. The monoisotopic (exact) mass is 357 g/mol. The van der Waals surface area contributed by atoms with Crippen molar-refractivity contribution in [1.29, 1.82) is 0 Å². The molecule has 6 heteroatoms. The number of hydrogen-bond acceptors (Lipinski definition) is 4. The van der Waals surface area contributed by atoms with Crippen LogP contribution >= 0.6 is 27.5 Å². The molecule has 1 heterocycles. The van der Waals surface area contributed by atoms with E-state index in [2.05, 4.69) is 45.3 Å². The minimum Gasteiger partial charge on any atom is -0.421 e. The van der Waals surface area contributed by atoms with Gasteiger partial charge in [0, 0.05) is 27.5 Å². The van der Waals surface area contributed by atoms with Crippen LogP contribution in [0.3, 0.4) is 0 Å². The Labute approximate surface area is 132 Å². The minimum atomic E-state index is 0.497. The van der Waals surface area contributed by atoms with Gasteiger partial charge in [0.05, 0.1) is 0 Å². The Morgan fingerprint density at radius 1 is 1.30 bits per heavy atom. The number of aromatic nitrogens is 2. The van der Waals surface area contributed by atoms with Crippen molar-refractivity contribution in [3.63, 3.8) is 0 Å². The third kappa shape index (κ3) is 4.58. The largest absolute Gasteiger partial charge is 0.421 e. The van der Waals surface area contributed by atoms with Gasteiger partial charge in [-0.05, 0) is 31.2 Å². The van der Waals surface area contributed by atoms with Crippen LogP contribution < -0.4 is 5.32 Å². The highest BCUT2D eigenvalue weighted by Crippen LogP contribution is 2.26. The molecule has 0 spiro atoms. The molecule has 0 bridgehead atoms. The van der Waals surface area contributed by atoms with E-state index >= 15 is 0 Å². The van der Waals surface area contributed by atoms with Crippen molar-refractivity contribution in [1.82, 2.24) is 15.5 Å². The normalized spacial score (nSPS) is 11.2. The van der Waals surface area contributed by atoms with Crippen LogP contribution in [0.2, 0.25) is 5.02 Å². The van der Waals surface area contributed by atoms with Gasteiger partial charge in [-0.1, -0.05) is 41.4 Å². The fraction of sp³-hybridized carbons (Fsp3) is 0.429. The van der Waals surface area contributed by atoms with Gasteiger partial charge in [0.2, 0.25) is 11.8 Å². The average molecular weight is 359 g/mol. The van der Waals surface area contributed by atoms with Crippen molar-refractivity contribution in [2.75, 3.05) is 6.54 Å². The van der Waals surface area contributed by atoms with E-state index in [9.17, 15) is 0 Å². The summed E-state index contributed by atoms with van der Waals surface area (Å²) in [5.41, 5.74) is 0.823. The Hall–Kier alpha value is -0.910. The van der Waals surface area contributed by atoms with E-state index in [1.807, 2.05) is 18.2 Å².